The molecule has 0 saturated heterocycles. The van der Waals surface area contributed by atoms with Crippen LogP contribution >= 0.6 is 0 Å². The van der Waals surface area contributed by atoms with Crippen LogP contribution in [0.2, 0.25) is 0 Å². The lowest BCUT2D eigenvalue weighted by atomic mass is 10.0. The molecule has 21 heavy (non-hydrogen) atoms. The van der Waals surface area contributed by atoms with Crippen molar-refractivity contribution >= 4 is 11.0 Å². The number of para-hydroxylation sites is 2. The van der Waals surface area contributed by atoms with E-state index < -0.39 is 0 Å². The highest BCUT2D eigenvalue weighted by Crippen LogP contribution is 2.28. The van der Waals surface area contributed by atoms with Gasteiger partial charge in [0.1, 0.15) is 5.82 Å². The minimum absolute atomic E-state index is 0.590. The van der Waals surface area contributed by atoms with Gasteiger partial charge >= 0.3 is 0 Å². The molecule has 1 heterocycles. The third-order valence-corrected chi connectivity index (χ3v) is 3.83. The molecular weight excluding hydrogens is 256 g/mol. The van der Waals surface area contributed by atoms with Crippen molar-refractivity contribution in [1.29, 1.82) is 0 Å². The molecule has 0 radical (unpaired) electrons. The first-order chi connectivity index (χ1) is 10.1. The molecule has 0 amide bonds. The zero-order valence-electron chi connectivity index (χ0n) is 13.2. The summed E-state index contributed by atoms with van der Waals surface area (Å²) in [5.41, 5.74) is 6.12. The number of aryl methyl sites for hydroxylation is 2. The van der Waals surface area contributed by atoms with Crippen molar-refractivity contribution in [2.45, 2.75) is 34.2 Å². The Morgan fingerprint density at radius 3 is 2.52 bits per heavy atom. The molecule has 3 aromatic rings. The first-order valence-electron chi connectivity index (χ1n) is 7.59. The molecule has 0 spiro atoms. The van der Waals surface area contributed by atoms with Crippen LogP contribution in [0.4, 0.5) is 0 Å². The van der Waals surface area contributed by atoms with Crippen molar-refractivity contribution in [2.75, 3.05) is 0 Å². The van der Waals surface area contributed by atoms with E-state index in [1.807, 2.05) is 0 Å². The summed E-state index contributed by atoms with van der Waals surface area (Å²) in [7, 11) is 0. The molecule has 0 N–H and O–H groups in total. The van der Waals surface area contributed by atoms with Gasteiger partial charge in [-0.25, -0.2) is 4.98 Å². The Kier molecular flexibility index (Phi) is 3.54. The summed E-state index contributed by atoms with van der Waals surface area (Å²) in [6.45, 7) is 9.79. The standard InChI is InChI=1S/C19H22N2/c1-13(2)12-21-18-8-6-5-7-17(18)20-19(21)16-10-9-14(3)11-15(16)4/h5-11,13H,12H2,1-4H3. The summed E-state index contributed by atoms with van der Waals surface area (Å²) in [5, 5.41) is 0. The zero-order chi connectivity index (χ0) is 15.0. The number of imidazole rings is 1. The van der Waals surface area contributed by atoms with E-state index in [0.717, 1.165) is 17.9 Å². The van der Waals surface area contributed by atoms with Gasteiger partial charge in [0.15, 0.2) is 0 Å². The third kappa shape index (κ3) is 2.58. The van der Waals surface area contributed by atoms with Crippen molar-refractivity contribution in [1.82, 2.24) is 9.55 Å². The van der Waals surface area contributed by atoms with E-state index in [4.69, 9.17) is 4.98 Å². The van der Waals surface area contributed by atoms with Crippen LogP contribution in [0.5, 0.6) is 0 Å². The number of rotatable bonds is 3. The second-order valence-electron chi connectivity index (χ2n) is 6.25. The third-order valence-electron chi connectivity index (χ3n) is 3.83. The summed E-state index contributed by atoms with van der Waals surface area (Å²) in [4.78, 5) is 4.89. The fraction of sp³-hybridized carbons (Fsp3) is 0.316. The lowest BCUT2D eigenvalue weighted by Crippen LogP contribution is -2.06. The molecule has 2 heteroatoms. The van der Waals surface area contributed by atoms with E-state index in [9.17, 15) is 0 Å². The molecule has 0 bridgehead atoms. The maximum absolute atomic E-state index is 4.89. The number of hydrogen-bond acceptors (Lipinski definition) is 1. The molecule has 1 aromatic heterocycles. The first-order valence-corrected chi connectivity index (χ1v) is 7.59. The Bertz CT molecular complexity index is 781. The Hall–Kier alpha value is -2.09. The maximum atomic E-state index is 4.89. The number of benzene rings is 2. The van der Waals surface area contributed by atoms with Gasteiger partial charge in [0.05, 0.1) is 11.0 Å². The van der Waals surface area contributed by atoms with E-state index in [1.165, 1.54) is 22.2 Å². The molecule has 3 rings (SSSR count). The second-order valence-corrected chi connectivity index (χ2v) is 6.25. The number of hydrogen-bond donors (Lipinski definition) is 0. The van der Waals surface area contributed by atoms with Crippen LogP contribution in [-0.2, 0) is 6.54 Å². The zero-order valence-corrected chi connectivity index (χ0v) is 13.2. The normalized spacial score (nSPS) is 11.5. The quantitative estimate of drug-likeness (QED) is 0.661. The van der Waals surface area contributed by atoms with Gasteiger partial charge in [-0.15, -0.1) is 0 Å². The summed E-state index contributed by atoms with van der Waals surface area (Å²) >= 11 is 0. The van der Waals surface area contributed by atoms with Crippen LogP contribution < -0.4 is 0 Å². The molecule has 0 fully saturated rings. The van der Waals surface area contributed by atoms with Crippen LogP contribution in [0, 0.1) is 19.8 Å². The second kappa shape index (κ2) is 5.36. The molecule has 0 aliphatic carbocycles. The smallest absolute Gasteiger partial charge is 0.141 e. The van der Waals surface area contributed by atoms with Gasteiger partial charge in [-0.2, -0.15) is 0 Å². The summed E-state index contributed by atoms with van der Waals surface area (Å²) < 4.78 is 2.36. The number of aromatic nitrogens is 2. The summed E-state index contributed by atoms with van der Waals surface area (Å²) in [5.74, 6) is 1.68. The average Bonchev–Trinajstić information content (AvgIpc) is 2.77. The van der Waals surface area contributed by atoms with Crippen molar-refractivity contribution < 1.29 is 0 Å². The minimum atomic E-state index is 0.590. The predicted octanol–water partition coefficient (Wildman–Crippen LogP) is 4.98. The highest BCUT2D eigenvalue weighted by Gasteiger charge is 2.14. The Balaban J connectivity index is 2.25. The maximum Gasteiger partial charge on any atom is 0.141 e. The van der Waals surface area contributed by atoms with E-state index >= 15 is 0 Å². The molecule has 2 aromatic carbocycles. The van der Waals surface area contributed by atoms with E-state index in [2.05, 4.69) is 74.7 Å². The molecule has 0 aliphatic rings. The molecule has 108 valence electrons. The lowest BCUT2D eigenvalue weighted by Gasteiger charge is -2.13. The molecule has 0 aliphatic heterocycles. The van der Waals surface area contributed by atoms with Crippen LogP contribution in [0.25, 0.3) is 22.4 Å². The fourth-order valence-electron chi connectivity index (χ4n) is 2.90. The highest BCUT2D eigenvalue weighted by molar-refractivity contribution is 5.81. The Morgan fingerprint density at radius 1 is 1.05 bits per heavy atom. The monoisotopic (exact) mass is 278 g/mol. The summed E-state index contributed by atoms with van der Waals surface area (Å²) in [6, 6.07) is 15.0. The van der Waals surface area contributed by atoms with Gasteiger partial charge < -0.3 is 4.57 Å². The molecule has 0 unspecified atom stereocenters. The molecule has 2 nitrogen and oxygen atoms in total. The largest absolute Gasteiger partial charge is 0.324 e. The van der Waals surface area contributed by atoms with Crippen LogP contribution in [0.1, 0.15) is 25.0 Å². The topological polar surface area (TPSA) is 17.8 Å². The predicted molar refractivity (Wildman–Crippen MR) is 89.5 cm³/mol. The van der Waals surface area contributed by atoms with Crippen molar-refractivity contribution in [3.8, 4) is 11.4 Å². The van der Waals surface area contributed by atoms with Crippen molar-refractivity contribution in [2.24, 2.45) is 5.92 Å². The van der Waals surface area contributed by atoms with Gasteiger partial charge in [-0.3, -0.25) is 0 Å². The van der Waals surface area contributed by atoms with Crippen LogP contribution in [-0.4, -0.2) is 9.55 Å². The SMILES string of the molecule is Cc1ccc(-c2nc3ccccc3n2CC(C)C)c(C)c1. The van der Waals surface area contributed by atoms with Gasteiger partial charge in [-0.05, 0) is 37.5 Å². The fourth-order valence-corrected chi connectivity index (χ4v) is 2.90. The minimum Gasteiger partial charge on any atom is -0.324 e. The average molecular weight is 278 g/mol. The van der Waals surface area contributed by atoms with Gasteiger partial charge in [0, 0.05) is 12.1 Å². The summed E-state index contributed by atoms with van der Waals surface area (Å²) in [6.07, 6.45) is 0. The highest BCUT2D eigenvalue weighted by atomic mass is 15.1. The van der Waals surface area contributed by atoms with Gasteiger partial charge in [0.25, 0.3) is 0 Å². The number of fused-ring (bicyclic) bond motifs is 1. The van der Waals surface area contributed by atoms with Crippen LogP contribution in [0.3, 0.4) is 0 Å². The Morgan fingerprint density at radius 2 is 1.81 bits per heavy atom. The molecule has 0 saturated carbocycles. The van der Waals surface area contributed by atoms with E-state index in [1.54, 1.807) is 0 Å². The number of nitrogens with zero attached hydrogens (tertiary/aromatic N) is 2. The van der Waals surface area contributed by atoms with Gasteiger partial charge in [0.2, 0.25) is 0 Å². The Labute approximate surface area is 126 Å². The first kappa shape index (κ1) is 13.9. The van der Waals surface area contributed by atoms with Crippen molar-refractivity contribution in [3.05, 3.63) is 53.6 Å². The molecule has 0 atom stereocenters. The van der Waals surface area contributed by atoms with E-state index in [0.29, 0.717) is 5.92 Å². The van der Waals surface area contributed by atoms with Gasteiger partial charge in [-0.1, -0.05) is 49.7 Å². The van der Waals surface area contributed by atoms with E-state index in [-0.39, 0.29) is 0 Å². The lowest BCUT2D eigenvalue weighted by molar-refractivity contribution is 0.536. The van der Waals surface area contributed by atoms with Crippen LogP contribution in [0.15, 0.2) is 42.5 Å². The molecular formula is C19H22N2. The van der Waals surface area contributed by atoms with Crippen molar-refractivity contribution in [3.63, 3.8) is 0 Å².